The Morgan fingerprint density at radius 3 is 2.25 bits per heavy atom. The Labute approximate surface area is 28.4 Å². The SMILES string of the molecule is FC[CH][SiH3]. The summed E-state index contributed by atoms with van der Waals surface area (Å²) in [6.45, 7) is -0.244. The van der Waals surface area contributed by atoms with Gasteiger partial charge in [-0.1, -0.05) is 0 Å². The molecule has 0 aromatic rings. The quantitative estimate of drug-likeness (QED) is 0.369. The van der Waals surface area contributed by atoms with E-state index in [4.69, 9.17) is 0 Å². The smallest absolute Gasteiger partial charge is 0.0891 e. The zero-order chi connectivity index (χ0) is 3.41. The van der Waals surface area contributed by atoms with E-state index in [-0.39, 0.29) is 6.67 Å². The lowest BCUT2D eigenvalue weighted by Gasteiger charge is -1.63. The second-order valence-corrected chi connectivity index (χ2v) is 1.38. The molecule has 25 valence electrons. The van der Waals surface area contributed by atoms with Crippen molar-refractivity contribution in [3.63, 3.8) is 0 Å². The van der Waals surface area contributed by atoms with Crippen molar-refractivity contribution in [2.45, 2.75) is 0 Å². The van der Waals surface area contributed by atoms with Gasteiger partial charge in [0.25, 0.3) is 0 Å². The van der Waals surface area contributed by atoms with Crippen LogP contribution in [0.2, 0.25) is 0 Å². The molecule has 0 aromatic heterocycles. The predicted octanol–water partition coefficient (Wildman–Crippen LogP) is -0.517. The summed E-state index contributed by atoms with van der Waals surface area (Å²) in [4.78, 5) is 0. The van der Waals surface area contributed by atoms with Crippen molar-refractivity contribution in [3.05, 3.63) is 6.04 Å². The molecular formula is C2H6FSi. The van der Waals surface area contributed by atoms with Gasteiger partial charge in [0, 0.05) is 10.2 Å². The second-order valence-electron chi connectivity index (χ2n) is 0.563. The van der Waals surface area contributed by atoms with Crippen molar-refractivity contribution < 1.29 is 4.39 Å². The molecule has 0 heterocycles. The van der Waals surface area contributed by atoms with Crippen LogP contribution in [0.4, 0.5) is 4.39 Å². The van der Waals surface area contributed by atoms with Crippen LogP contribution in [0.25, 0.3) is 0 Å². The van der Waals surface area contributed by atoms with Gasteiger partial charge in [-0.15, -0.1) is 0 Å². The van der Waals surface area contributed by atoms with Gasteiger partial charge in [0.2, 0.25) is 0 Å². The molecule has 1 radical (unpaired) electrons. The summed E-state index contributed by atoms with van der Waals surface area (Å²) >= 11 is 0. The third kappa shape index (κ3) is 2.15. The standard InChI is InChI=1S/C2H6FSi/c3-1-2-4/h2H,1H2,4H3. The maximum atomic E-state index is 10.7. The molecule has 0 saturated carbocycles. The fourth-order valence-electron chi connectivity index (χ4n) is 0. The normalized spacial score (nSPS) is 8.25. The highest BCUT2D eigenvalue weighted by Gasteiger charge is 1.61. The lowest BCUT2D eigenvalue weighted by atomic mass is 10.9. The van der Waals surface area contributed by atoms with Gasteiger partial charge < -0.3 is 0 Å². The molecule has 0 amide bonds. The lowest BCUT2D eigenvalue weighted by molar-refractivity contribution is 0.553. The molecule has 0 spiro atoms. The Balaban J connectivity index is 1.97. The van der Waals surface area contributed by atoms with Crippen LogP contribution in [0.5, 0.6) is 0 Å². The Bertz CT molecular complexity index is 8.00. The summed E-state index contributed by atoms with van der Waals surface area (Å²) in [5, 5.41) is 0. The van der Waals surface area contributed by atoms with Crippen LogP contribution >= 0.6 is 0 Å². The van der Waals surface area contributed by atoms with Gasteiger partial charge in [-0.2, -0.15) is 0 Å². The Morgan fingerprint density at radius 1 is 2.00 bits per heavy atom. The van der Waals surface area contributed by atoms with E-state index in [9.17, 15) is 4.39 Å². The highest BCUT2D eigenvalue weighted by Crippen LogP contribution is 1.61. The molecule has 0 N–H and O–H groups in total. The summed E-state index contributed by atoms with van der Waals surface area (Å²) in [7, 11) is 0.890. The van der Waals surface area contributed by atoms with E-state index in [1.165, 1.54) is 0 Å². The van der Waals surface area contributed by atoms with E-state index >= 15 is 0 Å². The van der Waals surface area contributed by atoms with Crippen LogP contribution in [0.3, 0.4) is 0 Å². The third-order valence-corrected chi connectivity index (χ3v) is 0.463. The van der Waals surface area contributed by atoms with Crippen LogP contribution in [-0.2, 0) is 0 Å². The first-order chi connectivity index (χ1) is 1.91. The first-order valence-electron chi connectivity index (χ1n) is 1.25. The van der Waals surface area contributed by atoms with Crippen LogP contribution in [0, 0.1) is 6.04 Å². The number of alkyl halides is 1. The monoisotopic (exact) mass is 77.0 g/mol. The zero-order valence-electron chi connectivity index (χ0n) is 2.66. The molecule has 2 heteroatoms. The zero-order valence-corrected chi connectivity index (χ0v) is 4.66. The first kappa shape index (κ1) is 4.15. The molecule has 0 rings (SSSR count). The molecule has 0 saturated heterocycles. The maximum absolute atomic E-state index is 10.7. The Hall–Kier alpha value is 0.147. The average Bonchev–Trinajstić information content (AvgIpc) is 1.37. The summed E-state index contributed by atoms with van der Waals surface area (Å²) in [5.74, 6) is 0. The van der Waals surface area contributed by atoms with Crippen molar-refractivity contribution >= 4 is 10.2 Å². The molecule has 0 aliphatic rings. The maximum Gasteiger partial charge on any atom is 0.0891 e. The largest absolute Gasteiger partial charge is 0.251 e. The van der Waals surface area contributed by atoms with Crippen molar-refractivity contribution in [1.82, 2.24) is 0 Å². The van der Waals surface area contributed by atoms with E-state index in [0.717, 1.165) is 10.2 Å². The van der Waals surface area contributed by atoms with Crippen LogP contribution in [0.1, 0.15) is 0 Å². The van der Waals surface area contributed by atoms with Gasteiger partial charge in [0.15, 0.2) is 0 Å². The third-order valence-electron chi connectivity index (χ3n) is 0.154. The van der Waals surface area contributed by atoms with Crippen molar-refractivity contribution in [2.75, 3.05) is 6.67 Å². The molecule has 0 aliphatic carbocycles. The van der Waals surface area contributed by atoms with E-state index < -0.39 is 0 Å². The molecule has 4 heavy (non-hydrogen) atoms. The molecule has 0 unspecified atom stereocenters. The number of hydrogen-bond acceptors (Lipinski definition) is 0. The van der Waals surface area contributed by atoms with Gasteiger partial charge >= 0.3 is 0 Å². The van der Waals surface area contributed by atoms with Gasteiger partial charge in [-0.3, -0.25) is 4.39 Å². The fraction of sp³-hybridized carbons (Fsp3) is 0.500. The lowest BCUT2D eigenvalue weighted by Crippen LogP contribution is -1.68. The molecule has 0 nitrogen and oxygen atoms in total. The highest BCUT2D eigenvalue weighted by atomic mass is 28.1. The molecule has 0 bridgehead atoms. The van der Waals surface area contributed by atoms with E-state index in [0.29, 0.717) is 0 Å². The number of rotatable bonds is 1. The van der Waals surface area contributed by atoms with Gasteiger partial charge in [0.1, 0.15) is 0 Å². The Kier molecular flexibility index (Phi) is 3.26. The molecule has 0 aliphatic heterocycles. The summed E-state index contributed by atoms with van der Waals surface area (Å²) < 4.78 is 10.7. The van der Waals surface area contributed by atoms with Crippen LogP contribution < -0.4 is 0 Å². The molecule has 0 fully saturated rings. The summed E-state index contributed by atoms with van der Waals surface area (Å²) in [5.41, 5.74) is 0. The predicted molar refractivity (Wildman–Crippen MR) is 20.2 cm³/mol. The number of hydrogen-bond donors (Lipinski definition) is 0. The first-order valence-corrected chi connectivity index (χ1v) is 2.41. The minimum absolute atomic E-state index is 0.244. The van der Waals surface area contributed by atoms with Gasteiger partial charge in [-0.05, 0) is 6.04 Å². The fourth-order valence-corrected chi connectivity index (χ4v) is 0. The van der Waals surface area contributed by atoms with E-state index in [1.807, 2.05) is 0 Å². The van der Waals surface area contributed by atoms with E-state index in [2.05, 4.69) is 0 Å². The van der Waals surface area contributed by atoms with Crippen LogP contribution in [0.15, 0.2) is 0 Å². The van der Waals surface area contributed by atoms with E-state index in [1.54, 1.807) is 6.04 Å². The second kappa shape index (κ2) is 3.15. The van der Waals surface area contributed by atoms with Crippen LogP contribution in [-0.4, -0.2) is 16.9 Å². The van der Waals surface area contributed by atoms with Crippen molar-refractivity contribution in [2.24, 2.45) is 0 Å². The number of halogens is 1. The summed E-state index contributed by atoms with van der Waals surface area (Å²) in [6.07, 6.45) is 0. The van der Waals surface area contributed by atoms with Gasteiger partial charge in [0.05, 0.1) is 6.67 Å². The van der Waals surface area contributed by atoms with Crippen molar-refractivity contribution in [3.8, 4) is 0 Å². The molecule has 0 aromatic carbocycles. The van der Waals surface area contributed by atoms with Gasteiger partial charge in [-0.25, -0.2) is 0 Å². The minimum Gasteiger partial charge on any atom is -0.251 e. The minimum atomic E-state index is -0.244. The highest BCUT2D eigenvalue weighted by molar-refractivity contribution is 6.14. The average molecular weight is 77.2 g/mol. The van der Waals surface area contributed by atoms with Crippen molar-refractivity contribution in [1.29, 1.82) is 0 Å². The Morgan fingerprint density at radius 2 is 2.25 bits per heavy atom. The molecule has 0 atom stereocenters. The molecular weight excluding hydrogens is 71.1 g/mol. The topological polar surface area (TPSA) is 0 Å². The summed E-state index contributed by atoms with van der Waals surface area (Å²) in [6, 6.07) is 1.60.